The maximum absolute atomic E-state index is 11.8. The minimum absolute atomic E-state index is 0.0145. The molecule has 2 amide bonds. The number of rotatable bonds is 9. The molecule has 0 saturated carbocycles. The molecule has 1 fully saturated rings. The van der Waals surface area contributed by atoms with Crippen LogP contribution in [0.25, 0.3) is 0 Å². The van der Waals surface area contributed by atoms with E-state index in [0.29, 0.717) is 0 Å². The quantitative estimate of drug-likeness (QED) is 0.220. The van der Waals surface area contributed by atoms with E-state index in [2.05, 4.69) is 5.32 Å². The zero-order valence-electron chi connectivity index (χ0n) is 12.2. The minimum Gasteiger partial charge on any atom is -0.480 e. The Morgan fingerprint density at radius 3 is 2.29 bits per heavy atom. The van der Waals surface area contributed by atoms with Crippen molar-refractivity contribution in [2.45, 2.75) is 11.7 Å². The van der Waals surface area contributed by atoms with Crippen LogP contribution in [-0.2, 0) is 14.4 Å². The molecule has 1 rings (SSSR count). The molecule has 0 unspecified atom stereocenters. The second-order valence-corrected chi connectivity index (χ2v) is 6.01. The van der Waals surface area contributed by atoms with E-state index in [1.807, 2.05) is 0 Å². The van der Waals surface area contributed by atoms with Gasteiger partial charge < -0.3 is 21.1 Å². The summed E-state index contributed by atoms with van der Waals surface area (Å²) in [5.41, 5.74) is 3.15. The third-order valence-corrected chi connectivity index (χ3v) is 4.24. The van der Waals surface area contributed by atoms with Gasteiger partial charge in [0.15, 0.2) is 13.1 Å². The first-order chi connectivity index (χ1) is 11.1. The number of amides is 2. The maximum atomic E-state index is 11.8. The van der Waals surface area contributed by atoms with E-state index in [0.717, 1.165) is 16.7 Å². The van der Waals surface area contributed by atoms with Crippen LogP contribution in [0, 0.1) is 20.2 Å². The fourth-order valence-corrected chi connectivity index (χ4v) is 2.65. The first kappa shape index (κ1) is 19.6. The third-order valence-electron chi connectivity index (χ3n) is 3.19. The van der Waals surface area contributed by atoms with Crippen LogP contribution in [0.15, 0.2) is 0 Å². The molecule has 0 bridgehead atoms. The van der Waals surface area contributed by atoms with Crippen LogP contribution >= 0.6 is 11.8 Å². The smallest absolute Gasteiger partial charge is 0.480 e. The zero-order valence-corrected chi connectivity index (χ0v) is 13.1. The summed E-state index contributed by atoms with van der Waals surface area (Å²) in [4.78, 5) is 53.8. The summed E-state index contributed by atoms with van der Waals surface area (Å²) in [6, 6.07) is -1.03. The Labute approximate surface area is 138 Å². The molecule has 0 aliphatic carbocycles. The summed E-state index contributed by atoms with van der Waals surface area (Å²) in [5, 5.41) is 31.9. The van der Waals surface area contributed by atoms with E-state index in [1.165, 1.54) is 0 Å². The molecule has 0 aromatic heterocycles. The van der Waals surface area contributed by atoms with Gasteiger partial charge in [0.25, 0.3) is 0 Å². The van der Waals surface area contributed by atoms with E-state index in [-0.39, 0.29) is 11.5 Å². The van der Waals surface area contributed by atoms with Crippen LogP contribution in [0.2, 0.25) is 0 Å². The van der Waals surface area contributed by atoms with E-state index >= 15 is 0 Å². The van der Waals surface area contributed by atoms with Gasteiger partial charge in [0.2, 0.25) is 11.8 Å². The van der Waals surface area contributed by atoms with Gasteiger partial charge in [-0.25, -0.2) is 0 Å². The van der Waals surface area contributed by atoms with E-state index in [1.54, 1.807) is 0 Å². The third kappa shape index (κ3) is 4.51. The lowest BCUT2D eigenvalue weighted by atomic mass is 10.0. The molecule has 0 aromatic carbocycles. The van der Waals surface area contributed by atoms with Gasteiger partial charge in [0.1, 0.15) is 16.4 Å². The van der Waals surface area contributed by atoms with Crippen molar-refractivity contribution in [3.8, 4) is 0 Å². The lowest BCUT2D eigenvalue weighted by Gasteiger charge is -2.35. The fraction of sp³-hybridized carbons (Fsp3) is 0.700. The number of hydrogen-bond acceptors (Lipinski definition) is 9. The highest BCUT2D eigenvalue weighted by atomic mass is 32.2. The largest absolute Gasteiger partial charge is 0.492 e. The first-order valence-corrected chi connectivity index (χ1v) is 7.65. The van der Waals surface area contributed by atoms with Crippen molar-refractivity contribution < 1.29 is 29.3 Å². The van der Waals surface area contributed by atoms with Gasteiger partial charge >= 0.3 is 11.6 Å². The molecule has 0 spiro atoms. The predicted molar refractivity (Wildman–Crippen MR) is 79.2 cm³/mol. The average molecular weight is 365 g/mol. The molecule has 1 heterocycles. The number of hydrogen-bond donors (Lipinski definition) is 3. The van der Waals surface area contributed by atoms with Crippen LogP contribution in [0.4, 0.5) is 0 Å². The summed E-state index contributed by atoms with van der Waals surface area (Å²) in [6.07, 6.45) is 0. The molecule has 0 radical (unpaired) electrons. The Morgan fingerprint density at radius 2 is 1.83 bits per heavy atom. The van der Waals surface area contributed by atoms with Crippen molar-refractivity contribution >= 4 is 29.5 Å². The highest BCUT2D eigenvalue weighted by Crippen LogP contribution is 2.25. The van der Waals surface area contributed by atoms with Gasteiger partial charge in [-0.15, -0.1) is 11.8 Å². The van der Waals surface area contributed by atoms with Crippen LogP contribution < -0.4 is 11.1 Å². The van der Waals surface area contributed by atoms with Gasteiger partial charge in [-0.3, -0.25) is 34.6 Å². The topological polar surface area (TPSA) is 199 Å². The maximum Gasteiger partial charge on any atom is 0.492 e. The molecule has 14 heteroatoms. The summed E-state index contributed by atoms with van der Waals surface area (Å²) in [7, 11) is 0. The number of carboxylic acids is 1. The van der Waals surface area contributed by atoms with E-state index in [9.17, 15) is 34.6 Å². The molecule has 13 nitrogen and oxygen atoms in total. The molecule has 134 valence electrons. The number of nitro groups is 2. The van der Waals surface area contributed by atoms with Crippen molar-refractivity contribution in [2.24, 2.45) is 5.73 Å². The predicted octanol–water partition coefficient (Wildman–Crippen LogP) is -2.66. The Hall–Kier alpha value is -2.48. The van der Waals surface area contributed by atoms with E-state index < -0.39 is 59.0 Å². The number of carbonyl (C=O) groups excluding carboxylic acids is 2. The van der Waals surface area contributed by atoms with Crippen LogP contribution in [0.5, 0.6) is 0 Å². The van der Waals surface area contributed by atoms with Crippen LogP contribution in [0.1, 0.15) is 0 Å². The fourth-order valence-electron chi connectivity index (χ4n) is 1.77. The van der Waals surface area contributed by atoms with Gasteiger partial charge in [-0.2, -0.15) is 0 Å². The second-order valence-electron chi connectivity index (χ2n) is 4.98. The molecule has 24 heavy (non-hydrogen) atoms. The highest BCUT2D eigenvalue weighted by molar-refractivity contribution is 8.00. The van der Waals surface area contributed by atoms with Crippen molar-refractivity contribution in [3.05, 3.63) is 20.2 Å². The van der Waals surface area contributed by atoms with E-state index in [4.69, 9.17) is 10.8 Å². The monoisotopic (exact) mass is 365 g/mol. The Bertz CT molecular complexity index is 547. The van der Waals surface area contributed by atoms with Crippen LogP contribution in [-0.4, -0.2) is 80.5 Å². The standard InChI is InChI=1S/C10H15N5O8S/c11-6(9(19)12-1-8(17)18)2-24-3-7(16)13-4-10(5-13,14(20)21)15(22)23/h6H,1-5,11H2,(H,12,19)(H,17,18)/t6-/m0/s1. The number of likely N-dealkylation sites (tertiary alicyclic amines) is 1. The minimum atomic E-state index is -2.35. The molecule has 1 aliphatic rings. The molecule has 4 N–H and O–H groups in total. The summed E-state index contributed by atoms with van der Waals surface area (Å²) in [6.45, 7) is -1.80. The van der Waals surface area contributed by atoms with Crippen molar-refractivity contribution in [1.82, 2.24) is 10.2 Å². The number of nitrogens with zero attached hydrogens (tertiary/aromatic N) is 3. The SMILES string of the molecule is N[C@@H](CSCC(=O)N1CC([N+](=O)[O-])([N+](=O)[O-])C1)C(=O)NCC(=O)O. The van der Waals surface area contributed by atoms with Crippen LogP contribution in [0.3, 0.4) is 0 Å². The van der Waals surface area contributed by atoms with Gasteiger partial charge in [-0.1, -0.05) is 0 Å². The molecule has 1 aliphatic heterocycles. The molecule has 0 aromatic rings. The first-order valence-electron chi connectivity index (χ1n) is 6.49. The summed E-state index contributed by atoms with van der Waals surface area (Å²) >= 11 is 0.962. The number of carbonyl (C=O) groups is 3. The lowest BCUT2D eigenvalue weighted by molar-refractivity contribution is -0.809. The number of aliphatic carboxylic acids is 1. The second kappa shape index (κ2) is 7.87. The van der Waals surface area contributed by atoms with Crippen molar-refractivity contribution in [1.29, 1.82) is 0 Å². The number of thioether (sulfide) groups is 1. The Balaban J connectivity index is 2.33. The Morgan fingerprint density at radius 1 is 1.29 bits per heavy atom. The van der Waals surface area contributed by atoms with Crippen molar-refractivity contribution in [2.75, 3.05) is 31.1 Å². The zero-order chi connectivity index (χ0) is 18.5. The molecule has 1 saturated heterocycles. The summed E-state index contributed by atoms with van der Waals surface area (Å²) < 4.78 is 0. The number of carboxylic acid groups (broad SMARTS) is 1. The normalized spacial score (nSPS) is 16.6. The summed E-state index contributed by atoms with van der Waals surface area (Å²) in [5.74, 6) is -2.61. The average Bonchev–Trinajstić information content (AvgIpc) is 2.42. The van der Waals surface area contributed by atoms with Crippen molar-refractivity contribution in [3.63, 3.8) is 0 Å². The molecule has 1 atom stereocenters. The van der Waals surface area contributed by atoms with Gasteiger partial charge in [0.05, 0.1) is 11.8 Å². The van der Waals surface area contributed by atoms with Gasteiger partial charge in [0, 0.05) is 5.75 Å². The highest BCUT2D eigenvalue weighted by Gasteiger charge is 2.67. The number of nitrogens with one attached hydrogen (secondary N) is 1. The Kier molecular flexibility index (Phi) is 6.42. The number of nitrogens with two attached hydrogens (primary N) is 1. The molecular formula is C10H15N5O8S. The molecular weight excluding hydrogens is 350 g/mol. The van der Waals surface area contributed by atoms with Gasteiger partial charge in [-0.05, 0) is 0 Å². The lowest BCUT2D eigenvalue weighted by Crippen LogP contribution is -2.71.